The minimum absolute atomic E-state index is 0.00499. The molecule has 1 aliphatic heterocycles. The zero-order valence-corrected chi connectivity index (χ0v) is 17.5. The molecule has 1 heterocycles. The van der Waals surface area contributed by atoms with E-state index in [2.05, 4.69) is 5.32 Å². The summed E-state index contributed by atoms with van der Waals surface area (Å²) in [6.07, 6.45) is 0. The van der Waals surface area contributed by atoms with E-state index >= 15 is 0 Å². The third-order valence-corrected chi connectivity index (χ3v) is 5.15. The summed E-state index contributed by atoms with van der Waals surface area (Å²) >= 11 is 5.62. The van der Waals surface area contributed by atoms with Gasteiger partial charge in [-0.25, -0.2) is 0 Å². The molecule has 8 heteroatoms. The largest absolute Gasteiger partial charge is 0.351 e. The fourth-order valence-corrected chi connectivity index (χ4v) is 3.66. The van der Waals surface area contributed by atoms with Crippen LogP contribution in [-0.2, 0) is 4.79 Å². The second-order valence-electron chi connectivity index (χ2n) is 7.10. The molecule has 0 bridgehead atoms. The molecule has 0 fully saturated rings. The number of nitro groups is 1. The van der Waals surface area contributed by atoms with Crippen molar-refractivity contribution in [1.29, 1.82) is 0 Å². The van der Waals surface area contributed by atoms with E-state index in [4.69, 9.17) is 12.2 Å². The maximum absolute atomic E-state index is 13.1. The van der Waals surface area contributed by atoms with Crippen LogP contribution < -0.4 is 10.2 Å². The molecule has 1 N–H and O–H groups in total. The van der Waals surface area contributed by atoms with Crippen LogP contribution in [0.15, 0.2) is 59.8 Å². The van der Waals surface area contributed by atoms with E-state index < -0.39 is 11.0 Å². The Hall–Kier alpha value is -3.26. The number of rotatable bonds is 4. The number of nitro benzene ring substituents is 1. The second-order valence-corrected chi connectivity index (χ2v) is 7.49. The molecule has 0 saturated heterocycles. The Kier molecular flexibility index (Phi) is 5.65. The van der Waals surface area contributed by atoms with Crippen molar-refractivity contribution in [2.45, 2.75) is 19.9 Å². The number of carbonyl (C=O) groups excluding carboxylic acids is 1. The highest BCUT2D eigenvalue weighted by atomic mass is 32.1. The Morgan fingerprint density at radius 3 is 2.21 bits per heavy atom. The number of likely N-dealkylation sites (N-methyl/N-ethyl adjacent to an activating group) is 1. The first-order valence-corrected chi connectivity index (χ1v) is 9.45. The first-order chi connectivity index (χ1) is 13.7. The zero-order chi connectivity index (χ0) is 21.3. The average molecular weight is 410 g/mol. The molecule has 29 heavy (non-hydrogen) atoms. The maximum Gasteiger partial charge on any atom is 0.269 e. The van der Waals surface area contributed by atoms with Gasteiger partial charge in [0, 0.05) is 37.6 Å². The molecule has 1 atom stereocenters. The van der Waals surface area contributed by atoms with Crippen LogP contribution in [0.2, 0.25) is 0 Å². The lowest BCUT2D eigenvalue weighted by atomic mass is 9.93. The predicted molar refractivity (Wildman–Crippen MR) is 117 cm³/mol. The van der Waals surface area contributed by atoms with Crippen LogP contribution in [0.1, 0.15) is 24.1 Å². The number of amides is 1. The monoisotopic (exact) mass is 410 g/mol. The molecule has 150 valence electrons. The Balaban J connectivity index is 2.12. The molecule has 2 aromatic carbocycles. The summed E-state index contributed by atoms with van der Waals surface area (Å²) in [6.45, 7) is 3.87. The third-order valence-electron chi connectivity index (χ3n) is 4.85. The standard InChI is InChI=1S/C21H22N4O3S/c1-13-5-9-16(10-6-13)24-14(2)18(20(26)23(3)4)19(22-21(24)29)15-7-11-17(12-8-15)25(27)28/h5-12,19H,1-4H3,(H,22,29)/t19-/m1/s1. The normalized spacial score (nSPS) is 16.5. The summed E-state index contributed by atoms with van der Waals surface area (Å²) in [5.41, 5.74) is 3.97. The minimum atomic E-state index is -0.500. The lowest BCUT2D eigenvalue weighted by Gasteiger charge is -2.38. The minimum Gasteiger partial charge on any atom is -0.351 e. The first kappa shape index (κ1) is 20.5. The number of benzene rings is 2. The van der Waals surface area contributed by atoms with E-state index in [1.807, 2.05) is 43.0 Å². The fourth-order valence-electron chi connectivity index (χ4n) is 3.30. The van der Waals surface area contributed by atoms with E-state index in [0.717, 1.165) is 22.5 Å². The Bertz CT molecular complexity index is 998. The Labute approximate surface area is 174 Å². The number of allylic oxidation sites excluding steroid dienone is 1. The molecule has 1 amide bonds. The summed E-state index contributed by atoms with van der Waals surface area (Å²) in [5.74, 6) is -0.155. The van der Waals surface area contributed by atoms with Crippen molar-refractivity contribution in [2.24, 2.45) is 0 Å². The molecular formula is C21H22N4O3S. The van der Waals surface area contributed by atoms with Gasteiger partial charge in [-0.1, -0.05) is 17.7 Å². The number of anilines is 1. The van der Waals surface area contributed by atoms with Gasteiger partial charge in [0.1, 0.15) is 0 Å². The third kappa shape index (κ3) is 3.97. The topological polar surface area (TPSA) is 78.7 Å². The molecule has 0 spiro atoms. The van der Waals surface area contributed by atoms with Crippen molar-refractivity contribution in [2.75, 3.05) is 19.0 Å². The van der Waals surface area contributed by atoms with Gasteiger partial charge in [0.15, 0.2) is 5.11 Å². The quantitative estimate of drug-likeness (QED) is 0.470. The van der Waals surface area contributed by atoms with Gasteiger partial charge in [-0.15, -0.1) is 0 Å². The number of aryl methyl sites for hydroxylation is 1. The van der Waals surface area contributed by atoms with E-state index in [9.17, 15) is 14.9 Å². The van der Waals surface area contributed by atoms with Crippen molar-refractivity contribution in [3.8, 4) is 0 Å². The van der Waals surface area contributed by atoms with Crippen LogP contribution in [0.5, 0.6) is 0 Å². The average Bonchev–Trinajstić information content (AvgIpc) is 2.68. The lowest BCUT2D eigenvalue weighted by molar-refractivity contribution is -0.384. The first-order valence-electron chi connectivity index (χ1n) is 9.04. The summed E-state index contributed by atoms with van der Waals surface area (Å²) in [6, 6.07) is 13.5. The number of non-ortho nitro benzene ring substituents is 1. The smallest absolute Gasteiger partial charge is 0.269 e. The van der Waals surface area contributed by atoms with Gasteiger partial charge in [0.05, 0.1) is 16.5 Å². The molecule has 3 rings (SSSR count). The molecule has 7 nitrogen and oxygen atoms in total. The van der Waals surface area contributed by atoms with Crippen LogP contribution in [0.25, 0.3) is 0 Å². The number of carbonyl (C=O) groups is 1. The number of thiocarbonyl (C=S) groups is 1. The molecule has 2 aromatic rings. The highest BCUT2D eigenvalue weighted by molar-refractivity contribution is 7.80. The van der Waals surface area contributed by atoms with Gasteiger partial charge in [-0.2, -0.15) is 0 Å². The molecule has 1 aliphatic rings. The highest BCUT2D eigenvalue weighted by Crippen LogP contribution is 2.34. The molecular weight excluding hydrogens is 388 g/mol. The summed E-state index contributed by atoms with van der Waals surface area (Å²) in [5, 5.41) is 14.7. The number of hydrogen-bond donors (Lipinski definition) is 1. The molecule has 0 radical (unpaired) electrons. The zero-order valence-electron chi connectivity index (χ0n) is 16.7. The molecule has 0 aromatic heterocycles. The number of hydrogen-bond acceptors (Lipinski definition) is 4. The molecule has 0 saturated carbocycles. The van der Waals surface area contributed by atoms with Crippen LogP contribution in [0, 0.1) is 17.0 Å². The Morgan fingerprint density at radius 1 is 1.10 bits per heavy atom. The Morgan fingerprint density at radius 2 is 1.69 bits per heavy atom. The van der Waals surface area contributed by atoms with Gasteiger partial charge in [-0.05, 0) is 55.9 Å². The van der Waals surface area contributed by atoms with Gasteiger partial charge in [0.2, 0.25) is 0 Å². The van der Waals surface area contributed by atoms with E-state index in [-0.39, 0.29) is 11.6 Å². The van der Waals surface area contributed by atoms with Gasteiger partial charge >= 0.3 is 0 Å². The fraction of sp³-hybridized carbons (Fsp3) is 0.238. The summed E-state index contributed by atoms with van der Waals surface area (Å²) < 4.78 is 0. The molecule has 0 aliphatic carbocycles. The van der Waals surface area contributed by atoms with Crippen molar-refractivity contribution >= 4 is 34.6 Å². The predicted octanol–water partition coefficient (Wildman–Crippen LogP) is 3.70. The van der Waals surface area contributed by atoms with E-state index in [1.165, 1.54) is 17.0 Å². The lowest BCUT2D eigenvalue weighted by Crippen LogP contribution is -2.49. The van der Waals surface area contributed by atoms with Gasteiger partial charge in [-0.3, -0.25) is 19.8 Å². The SMILES string of the molecule is CC1=C(C(=O)N(C)C)[C@@H](c2ccc([N+](=O)[O-])cc2)NC(=S)N1c1ccc(C)cc1. The second kappa shape index (κ2) is 8.00. The highest BCUT2D eigenvalue weighted by Gasteiger charge is 2.35. The van der Waals surface area contributed by atoms with Crippen LogP contribution in [0.3, 0.4) is 0 Å². The van der Waals surface area contributed by atoms with Crippen LogP contribution >= 0.6 is 12.2 Å². The van der Waals surface area contributed by atoms with Gasteiger partial charge < -0.3 is 10.2 Å². The van der Waals surface area contributed by atoms with Crippen LogP contribution in [-0.4, -0.2) is 34.9 Å². The van der Waals surface area contributed by atoms with Crippen LogP contribution in [0.4, 0.5) is 11.4 Å². The van der Waals surface area contributed by atoms with Crippen molar-refractivity contribution in [1.82, 2.24) is 10.2 Å². The van der Waals surface area contributed by atoms with Crippen molar-refractivity contribution < 1.29 is 9.72 Å². The van der Waals surface area contributed by atoms with Crippen molar-refractivity contribution in [3.05, 3.63) is 81.0 Å². The van der Waals surface area contributed by atoms with E-state index in [1.54, 1.807) is 26.2 Å². The number of nitrogens with zero attached hydrogens (tertiary/aromatic N) is 3. The maximum atomic E-state index is 13.1. The summed E-state index contributed by atoms with van der Waals surface area (Å²) in [4.78, 5) is 26.9. The number of nitrogens with one attached hydrogen (secondary N) is 1. The van der Waals surface area contributed by atoms with Crippen molar-refractivity contribution in [3.63, 3.8) is 0 Å². The molecule has 0 unspecified atom stereocenters. The van der Waals surface area contributed by atoms with Gasteiger partial charge in [0.25, 0.3) is 11.6 Å². The summed E-state index contributed by atoms with van der Waals surface area (Å²) in [7, 11) is 3.39. The van der Waals surface area contributed by atoms with E-state index in [0.29, 0.717) is 10.7 Å².